The van der Waals surface area contributed by atoms with Crippen LogP contribution in [0.1, 0.15) is 11.7 Å². The van der Waals surface area contributed by atoms with Crippen LogP contribution in [0.2, 0.25) is 0 Å². The summed E-state index contributed by atoms with van der Waals surface area (Å²) in [5.41, 5.74) is 1.67. The summed E-state index contributed by atoms with van der Waals surface area (Å²) >= 11 is 0. The van der Waals surface area contributed by atoms with E-state index in [0.29, 0.717) is 0 Å². The van der Waals surface area contributed by atoms with Crippen LogP contribution in [0.3, 0.4) is 0 Å². The average Bonchev–Trinajstić information content (AvgIpc) is 2.81. The lowest BCUT2D eigenvalue weighted by Crippen LogP contribution is -2.03. The van der Waals surface area contributed by atoms with E-state index in [1.165, 1.54) is 6.08 Å². The molecule has 0 saturated heterocycles. The van der Waals surface area contributed by atoms with E-state index in [4.69, 9.17) is 0 Å². The Morgan fingerprint density at radius 3 is 2.80 bits per heavy atom. The van der Waals surface area contributed by atoms with Crippen LogP contribution >= 0.6 is 0 Å². The van der Waals surface area contributed by atoms with Crippen LogP contribution in [0.25, 0.3) is 5.69 Å². The van der Waals surface area contributed by atoms with Gasteiger partial charge in [-0.25, -0.2) is 4.68 Å². The van der Waals surface area contributed by atoms with E-state index in [1.54, 1.807) is 10.9 Å². The third-order valence-electron chi connectivity index (χ3n) is 2.23. The quantitative estimate of drug-likeness (QED) is 0.770. The highest BCUT2D eigenvalue weighted by Gasteiger charge is 2.09. The predicted octanol–water partition coefficient (Wildman–Crippen LogP) is 2.09. The highest BCUT2D eigenvalue weighted by Crippen LogP contribution is 2.21. The van der Waals surface area contributed by atoms with Crippen molar-refractivity contribution in [3.8, 4) is 5.69 Å². The Labute approximate surface area is 88.3 Å². The molecule has 0 aliphatic rings. The average molecular weight is 200 g/mol. The molecule has 0 spiro atoms. The monoisotopic (exact) mass is 200 g/mol. The van der Waals surface area contributed by atoms with E-state index >= 15 is 0 Å². The maximum atomic E-state index is 9.75. The number of hydrogen-bond acceptors (Lipinski definition) is 2. The lowest BCUT2D eigenvalue weighted by molar-refractivity contribution is 0.228. The standard InChI is InChI=1S/C12H12N2O/c1-2-12(15)10-6-3-4-7-11(10)14-9-5-8-13-14/h2-9,12,15H,1H2. The SMILES string of the molecule is C=CC(O)c1ccccc1-n1cccn1. The Hall–Kier alpha value is -1.87. The van der Waals surface area contributed by atoms with E-state index in [2.05, 4.69) is 11.7 Å². The first-order valence-corrected chi connectivity index (χ1v) is 4.72. The van der Waals surface area contributed by atoms with Crippen LogP contribution < -0.4 is 0 Å². The van der Waals surface area contributed by atoms with Crippen LogP contribution in [0.15, 0.2) is 55.4 Å². The predicted molar refractivity (Wildman–Crippen MR) is 58.7 cm³/mol. The van der Waals surface area contributed by atoms with Crippen LogP contribution in [-0.4, -0.2) is 14.9 Å². The smallest absolute Gasteiger partial charge is 0.0990 e. The summed E-state index contributed by atoms with van der Waals surface area (Å²) in [5, 5.41) is 13.9. The number of aliphatic hydroxyl groups excluding tert-OH is 1. The zero-order valence-electron chi connectivity index (χ0n) is 8.24. The van der Waals surface area contributed by atoms with Gasteiger partial charge in [-0.15, -0.1) is 6.58 Å². The van der Waals surface area contributed by atoms with Gasteiger partial charge in [-0.3, -0.25) is 0 Å². The Morgan fingerprint density at radius 1 is 1.33 bits per heavy atom. The van der Waals surface area contributed by atoms with Crippen molar-refractivity contribution in [1.29, 1.82) is 0 Å². The molecule has 0 amide bonds. The molecule has 0 radical (unpaired) electrons. The first kappa shape index (κ1) is 9.68. The molecule has 1 unspecified atom stereocenters. The maximum absolute atomic E-state index is 9.75. The van der Waals surface area contributed by atoms with E-state index < -0.39 is 6.10 Å². The number of para-hydroxylation sites is 1. The zero-order valence-corrected chi connectivity index (χ0v) is 8.24. The van der Waals surface area contributed by atoms with Crippen LogP contribution in [0.5, 0.6) is 0 Å². The van der Waals surface area contributed by atoms with Gasteiger partial charge in [-0.05, 0) is 12.1 Å². The van der Waals surface area contributed by atoms with Crippen LogP contribution in [0.4, 0.5) is 0 Å². The molecule has 0 bridgehead atoms. The molecule has 1 atom stereocenters. The van der Waals surface area contributed by atoms with E-state index in [0.717, 1.165) is 11.3 Å². The Morgan fingerprint density at radius 2 is 2.13 bits per heavy atom. The molecule has 1 N–H and O–H groups in total. The summed E-state index contributed by atoms with van der Waals surface area (Å²) in [6, 6.07) is 9.42. The summed E-state index contributed by atoms with van der Waals surface area (Å²) in [4.78, 5) is 0. The summed E-state index contributed by atoms with van der Waals surface area (Å²) in [7, 11) is 0. The van der Waals surface area contributed by atoms with Crippen molar-refractivity contribution in [2.45, 2.75) is 6.10 Å². The molecular formula is C12H12N2O. The van der Waals surface area contributed by atoms with E-state index in [1.807, 2.05) is 36.5 Å². The molecule has 0 aliphatic heterocycles. The van der Waals surface area contributed by atoms with Gasteiger partial charge in [0, 0.05) is 18.0 Å². The van der Waals surface area contributed by atoms with Gasteiger partial charge >= 0.3 is 0 Å². The van der Waals surface area contributed by atoms with Gasteiger partial charge < -0.3 is 5.11 Å². The van der Waals surface area contributed by atoms with Crippen LogP contribution in [-0.2, 0) is 0 Å². The van der Waals surface area contributed by atoms with Gasteiger partial charge in [0.2, 0.25) is 0 Å². The van der Waals surface area contributed by atoms with E-state index in [-0.39, 0.29) is 0 Å². The van der Waals surface area contributed by atoms with Gasteiger partial charge in [-0.2, -0.15) is 5.10 Å². The number of rotatable bonds is 3. The highest BCUT2D eigenvalue weighted by atomic mass is 16.3. The van der Waals surface area contributed by atoms with Gasteiger partial charge in [0.25, 0.3) is 0 Å². The van der Waals surface area contributed by atoms with Gasteiger partial charge in [0.05, 0.1) is 11.8 Å². The summed E-state index contributed by atoms with van der Waals surface area (Å²) in [6.07, 6.45) is 4.39. The normalized spacial score (nSPS) is 12.3. The van der Waals surface area contributed by atoms with Crippen molar-refractivity contribution < 1.29 is 5.11 Å². The lowest BCUT2D eigenvalue weighted by Gasteiger charge is -2.11. The fourth-order valence-corrected chi connectivity index (χ4v) is 1.48. The second kappa shape index (κ2) is 4.11. The van der Waals surface area contributed by atoms with Crippen molar-refractivity contribution in [2.75, 3.05) is 0 Å². The number of hydrogen-bond donors (Lipinski definition) is 1. The molecule has 2 aromatic rings. The molecule has 0 aliphatic carbocycles. The number of nitrogens with zero attached hydrogens (tertiary/aromatic N) is 2. The van der Waals surface area contributed by atoms with Crippen LogP contribution in [0, 0.1) is 0 Å². The first-order chi connectivity index (χ1) is 7.33. The summed E-state index contributed by atoms with van der Waals surface area (Å²) < 4.78 is 1.72. The number of aliphatic hydroxyl groups is 1. The minimum absolute atomic E-state index is 0.662. The van der Waals surface area contributed by atoms with Crippen molar-refractivity contribution in [1.82, 2.24) is 9.78 Å². The number of aromatic nitrogens is 2. The molecule has 1 heterocycles. The largest absolute Gasteiger partial charge is 0.384 e. The minimum Gasteiger partial charge on any atom is -0.384 e. The van der Waals surface area contributed by atoms with Gasteiger partial charge in [-0.1, -0.05) is 24.3 Å². The van der Waals surface area contributed by atoms with Gasteiger partial charge in [0.15, 0.2) is 0 Å². The second-order valence-electron chi connectivity index (χ2n) is 3.19. The topological polar surface area (TPSA) is 38.0 Å². The molecule has 76 valence electrons. The molecule has 0 saturated carbocycles. The zero-order chi connectivity index (χ0) is 10.7. The van der Waals surface area contributed by atoms with Gasteiger partial charge in [0.1, 0.15) is 0 Å². The summed E-state index contributed by atoms with van der Waals surface area (Å²) in [6.45, 7) is 3.58. The van der Waals surface area contributed by atoms with Crippen molar-refractivity contribution in [3.63, 3.8) is 0 Å². The van der Waals surface area contributed by atoms with Crippen molar-refractivity contribution in [2.24, 2.45) is 0 Å². The molecule has 0 fully saturated rings. The number of benzene rings is 1. The third-order valence-corrected chi connectivity index (χ3v) is 2.23. The molecule has 2 rings (SSSR count). The Bertz CT molecular complexity index is 448. The Balaban J connectivity index is 2.52. The molecule has 15 heavy (non-hydrogen) atoms. The minimum atomic E-state index is -0.662. The molecule has 3 nitrogen and oxygen atoms in total. The Kier molecular flexibility index (Phi) is 2.65. The molecule has 1 aromatic heterocycles. The highest BCUT2D eigenvalue weighted by molar-refractivity contribution is 5.42. The van der Waals surface area contributed by atoms with Crippen molar-refractivity contribution in [3.05, 3.63) is 60.9 Å². The first-order valence-electron chi connectivity index (χ1n) is 4.72. The lowest BCUT2D eigenvalue weighted by atomic mass is 10.1. The molecule has 1 aromatic carbocycles. The maximum Gasteiger partial charge on any atom is 0.0990 e. The summed E-state index contributed by atoms with van der Waals surface area (Å²) in [5.74, 6) is 0. The fourth-order valence-electron chi connectivity index (χ4n) is 1.48. The van der Waals surface area contributed by atoms with E-state index in [9.17, 15) is 5.11 Å². The van der Waals surface area contributed by atoms with Crippen molar-refractivity contribution >= 4 is 0 Å². The second-order valence-corrected chi connectivity index (χ2v) is 3.19. The molecule has 3 heteroatoms. The fraction of sp³-hybridized carbons (Fsp3) is 0.0833. The third kappa shape index (κ3) is 1.82. The molecular weight excluding hydrogens is 188 g/mol.